The molecule has 3 rings (SSSR count). The first-order valence-corrected chi connectivity index (χ1v) is 6.11. The molecule has 0 atom stereocenters. The molecule has 0 N–H and O–H groups in total. The van der Waals surface area contributed by atoms with Gasteiger partial charge in [0.15, 0.2) is 5.76 Å². The van der Waals surface area contributed by atoms with Crippen molar-refractivity contribution >= 4 is 15.7 Å². The second kappa shape index (κ2) is 3.05. The molecule has 0 radical (unpaired) electrons. The molecule has 0 unspecified atom stereocenters. The number of nitrogens with zero attached hydrogens (tertiary/aromatic N) is 1. The van der Waals surface area contributed by atoms with Crippen molar-refractivity contribution < 1.29 is 12.8 Å². The Kier molecular flexibility index (Phi) is 1.79. The molecule has 80 valence electrons. The molecule has 0 saturated heterocycles. The minimum absolute atomic E-state index is 0.237. The molecule has 0 spiro atoms. The summed E-state index contributed by atoms with van der Waals surface area (Å²) < 4.78 is 32.4. The van der Waals surface area contributed by atoms with Crippen LogP contribution in [0.5, 0.6) is 0 Å². The Balaban J connectivity index is 2.31. The molecule has 1 aromatic heterocycles. The highest BCUT2D eigenvalue weighted by Gasteiger charge is 2.30. The zero-order valence-electron chi connectivity index (χ0n) is 8.12. The van der Waals surface area contributed by atoms with Crippen molar-refractivity contribution in [3.8, 4) is 0 Å². The number of furan rings is 1. The van der Waals surface area contributed by atoms with E-state index in [9.17, 15) is 8.42 Å². The van der Waals surface area contributed by atoms with Gasteiger partial charge in [-0.3, -0.25) is 0 Å². The number of hydrogen-bond donors (Lipinski definition) is 0. The average Bonchev–Trinajstić information content (AvgIpc) is 2.86. The fourth-order valence-corrected chi connectivity index (χ4v) is 2.92. The van der Waals surface area contributed by atoms with Gasteiger partial charge in [-0.1, -0.05) is 18.2 Å². The Labute approximate surface area is 92.3 Å². The lowest BCUT2D eigenvalue weighted by molar-refractivity contribution is 0.558. The molecular weight excluding hydrogens is 226 g/mol. The van der Waals surface area contributed by atoms with Gasteiger partial charge in [0.25, 0.3) is 10.0 Å². The number of hydrogen-bond acceptors (Lipinski definition) is 3. The lowest BCUT2D eigenvalue weighted by Gasteiger charge is -1.97. The summed E-state index contributed by atoms with van der Waals surface area (Å²) in [7, 11) is -3.55. The van der Waals surface area contributed by atoms with E-state index in [1.54, 1.807) is 36.4 Å². The molecule has 0 bridgehead atoms. The van der Waals surface area contributed by atoms with E-state index in [0.717, 1.165) is 0 Å². The average molecular weight is 233 g/mol. The summed E-state index contributed by atoms with van der Waals surface area (Å²) in [5.74, 6) is 0.466. The normalized spacial score (nSPS) is 16.9. The minimum atomic E-state index is -3.55. The SMILES string of the molecule is O=S1(=O)N=C(c2ccco2)c2ccccc21. The molecule has 0 fully saturated rings. The van der Waals surface area contributed by atoms with E-state index in [0.29, 0.717) is 17.0 Å². The van der Waals surface area contributed by atoms with Crippen LogP contribution in [0.25, 0.3) is 0 Å². The summed E-state index contributed by atoms with van der Waals surface area (Å²) in [4.78, 5) is 0.237. The molecular formula is C11H7NO3S. The lowest BCUT2D eigenvalue weighted by atomic mass is 10.1. The molecule has 1 aliphatic heterocycles. The molecule has 1 aliphatic rings. The number of sulfonamides is 1. The van der Waals surface area contributed by atoms with Crippen molar-refractivity contribution in [2.45, 2.75) is 4.90 Å². The standard InChI is InChI=1S/C11H7NO3S/c13-16(14)10-6-2-1-4-8(10)11(12-16)9-5-3-7-15-9/h1-7H. The third kappa shape index (κ3) is 1.22. The van der Waals surface area contributed by atoms with Crippen molar-refractivity contribution in [3.63, 3.8) is 0 Å². The van der Waals surface area contributed by atoms with Gasteiger partial charge >= 0.3 is 0 Å². The van der Waals surface area contributed by atoms with Gasteiger partial charge in [-0.25, -0.2) is 0 Å². The minimum Gasteiger partial charge on any atom is -0.463 e. The van der Waals surface area contributed by atoms with Gasteiger partial charge in [-0.2, -0.15) is 12.8 Å². The summed E-state index contributed by atoms with van der Waals surface area (Å²) in [5, 5.41) is 0. The zero-order valence-corrected chi connectivity index (χ0v) is 8.94. The van der Waals surface area contributed by atoms with Gasteiger partial charge in [0.1, 0.15) is 5.71 Å². The maximum Gasteiger partial charge on any atom is 0.283 e. The quantitative estimate of drug-likeness (QED) is 0.754. The first-order valence-electron chi connectivity index (χ1n) is 4.67. The third-order valence-electron chi connectivity index (χ3n) is 2.39. The van der Waals surface area contributed by atoms with Crippen LogP contribution in [0.2, 0.25) is 0 Å². The highest BCUT2D eigenvalue weighted by atomic mass is 32.2. The molecule has 2 aromatic rings. The van der Waals surface area contributed by atoms with Crippen LogP contribution >= 0.6 is 0 Å². The van der Waals surface area contributed by atoms with E-state index >= 15 is 0 Å². The van der Waals surface area contributed by atoms with Crippen molar-refractivity contribution in [1.29, 1.82) is 0 Å². The molecule has 16 heavy (non-hydrogen) atoms. The summed E-state index contributed by atoms with van der Waals surface area (Å²) in [6.45, 7) is 0. The maximum absolute atomic E-state index is 11.7. The molecule has 4 nitrogen and oxygen atoms in total. The monoisotopic (exact) mass is 233 g/mol. The molecule has 0 saturated carbocycles. The van der Waals surface area contributed by atoms with Crippen molar-refractivity contribution in [1.82, 2.24) is 0 Å². The molecule has 2 heterocycles. The first-order chi connectivity index (χ1) is 7.68. The van der Waals surface area contributed by atoms with E-state index in [1.165, 1.54) is 6.26 Å². The second-order valence-corrected chi connectivity index (χ2v) is 4.96. The first kappa shape index (κ1) is 9.35. The number of benzene rings is 1. The van der Waals surface area contributed by atoms with Crippen LogP contribution in [-0.4, -0.2) is 14.1 Å². The van der Waals surface area contributed by atoms with Crippen LogP contribution in [0.1, 0.15) is 11.3 Å². The van der Waals surface area contributed by atoms with E-state index < -0.39 is 10.0 Å². The largest absolute Gasteiger partial charge is 0.463 e. The Bertz CT molecular complexity index is 669. The Morgan fingerprint density at radius 2 is 1.88 bits per heavy atom. The van der Waals surface area contributed by atoms with E-state index in [2.05, 4.69) is 4.40 Å². The predicted octanol–water partition coefficient (Wildman–Crippen LogP) is 1.82. The smallest absolute Gasteiger partial charge is 0.283 e. The van der Waals surface area contributed by atoms with Gasteiger partial charge in [-0.05, 0) is 18.2 Å². The van der Waals surface area contributed by atoms with Gasteiger partial charge < -0.3 is 4.42 Å². The molecule has 1 aromatic carbocycles. The van der Waals surface area contributed by atoms with Crippen LogP contribution in [-0.2, 0) is 10.0 Å². The van der Waals surface area contributed by atoms with Gasteiger partial charge in [0.05, 0.1) is 11.2 Å². The fourth-order valence-electron chi connectivity index (χ4n) is 1.70. The Morgan fingerprint density at radius 1 is 1.06 bits per heavy atom. The second-order valence-electron chi connectivity index (χ2n) is 3.39. The van der Waals surface area contributed by atoms with Crippen LogP contribution in [0.15, 0.2) is 56.4 Å². The van der Waals surface area contributed by atoms with E-state index in [-0.39, 0.29) is 4.90 Å². The summed E-state index contributed by atoms with van der Waals surface area (Å²) in [6, 6.07) is 10.1. The van der Waals surface area contributed by atoms with Crippen LogP contribution in [0.4, 0.5) is 0 Å². The van der Waals surface area contributed by atoms with Crippen LogP contribution < -0.4 is 0 Å². The van der Waals surface area contributed by atoms with Crippen molar-refractivity contribution in [2.24, 2.45) is 4.40 Å². The molecule has 5 heteroatoms. The Morgan fingerprint density at radius 3 is 2.62 bits per heavy atom. The van der Waals surface area contributed by atoms with E-state index in [4.69, 9.17) is 4.42 Å². The molecule has 0 amide bonds. The topological polar surface area (TPSA) is 59.6 Å². The highest BCUT2D eigenvalue weighted by molar-refractivity contribution is 7.90. The van der Waals surface area contributed by atoms with Crippen molar-refractivity contribution in [3.05, 3.63) is 54.0 Å². The maximum atomic E-state index is 11.7. The lowest BCUT2D eigenvalue weighted by Crippen LogP contribution is -1.97. The van der Waals surface area contributed by atoms with Gasteiger partial charge in [0.2, 0.25) is 0 Å². The van der Waals surface area contributed by atoms with Crippen LogP contribution in [0, 0.1) is 0 Å². The summed E-state index contributed by atoms with van der Waals surface area (Å²) in [5.41, 5.74) is 0.970. The van der Waals surface area contributed by atoms with Gasteiger partial charge in [-0.15, -0.1) is 0 Å². The number of rotatable bonds is 1. The third-order valence-corrected chi connectivity index (χ3v) is 3.72. The van der Waals surface area contributed by atoms with E-state index in [1.807, 2.05) is 0 Å². The van der Waals surface area contributed by atoms with Crippen LogP contribution in [0.3, 0.4) is 0 Å². The highest BCUT2D eigenvalue weighted by Crippen LogP contribution is 2.28. The summed E-state index contributed by atoms with van der Waals surface area (Å²) >= 11 is 0. The van der Waals surface area contributed by atoms with Crippen molar-refractivity contribution in [2.75, 3.05) is 0 Å². The fraction of sp³-hybridized carbons (Fsp3) is 0. The zero-order chi connectivity index (χ0) is 11.2. The number of fused-ring (bicyclic) bond motifs is 1. The summed E-state index contributed by atoms with van der Waals surface area (Å²) in [6.07, 6.45) is 1.49. The van der Waals surface area contributed by atoms with Gasteiger partial charge in [0, 0.05) is 5.56 Å². The Hall–Kier alpha value is -1.88. The predicted molar refractivity (Wildman–Crippen MR) is 58.0 cm³/mol. The molecule has 0 aliphatic carbocycles.